The van der Waals surface area contributed by atoms with E-state index in [2.05, 4.69) is 40.3 Å². The first-order chi connectivity index (χ1) is 14.4. The molecule has 2 aromatic rings. The molecule has 1 aromatic heterocycles. The molecule has 3 rings (SSSR count). The first kappa shape index (κ1) is 24.2. The number of nitrogens with zero attached hydrogens (tertiary/aromatic N) is 1. The van der Waals surface area contributed by atoms with Crippen molar-refractivity contribution < 1.29 is 13.5 Å². The van der Waals surface area contributed by atoms with E-state index >= 15 is 0 Å². The van der Waals surface area contributed by atoms with E-state index in [1.165, 1.54) is 26.9 Å². The summed E-state index contributed by atoms with van der Waals surface area (Å²) < 4.78 is 30.5. The van der Waals surface area contributed by atoms with Crippen molar-refractivity contribution >= 4 is 26.3 Å². The Morgan fingerprint density at radius 2 is 1.93 bits per heavy atom. The number of allylic oxidation sites excluding steroid dienone is 1. The van der Waals surface area contributed by atoms with Crippen LogP contribution in [0.5, 0.6) is 5.75 Å². The zero-order valence-electron chi connectivity index (χ0n) is 18.1. The van der Waals surface area contributed by atoms with Crippen molar-refractivity contribution in [1.29, 1.82) is 0 Å². The second-order valence-corrected chi connectivity index (χ2v) is 7.64. The first-order valence-corrected chi connectivity index (χ1v) is 11.0. The van der Waals surface area contributed by atoms with Crippen LogP contribution in [0.4, 0.5) is 20.3 Å². The monoisotopic (exact) mass is 435 g/mol. The molecule has 7 heteroatoms. The fraction of sp³-hybridized carbons (Fsp3) is 0.435. The number of benzene rings is 1. The SMILES string of the molecule is CC.CCC/C=C(\c1c(C)ccnc1Nc1ccc(OC(F)(F)P)cc1)C1CNC1. The Bertz CT molecular complexity index is 831. The molecular weight excluding hydrogens is 403 g/mol. The van der Waals surface area contributed by atoms with Crippen LogP contribution in [0, 0.1) is 12.8 Å². The number of alkyl halides is 2. The van der Waals surface area contributed by atoms with Gasteiger partial charge in [0.2, 0.25) is 0 Å². The van der Waals surface area contributed by atoms with Crippen LogP contribution >= 0.6 is 9.24 Å². The van der Waals surface area contributed by atoms with Crippen LogP contribution in [0.15, 0.2) is 42.6 Å². The molecule has 2 N–H and O–H groups in total. The number of unbranched alkanes of at least 4 members (excludes halogenated alkanes) is 1. The number of aromatic nitrogens is 1. The molecule has 164 valence electrons. The maximum atomic E-state index is 13.0. The van der Waals surface area contributed by atoms with Gasteiger partial charge in [0.05, 0.1) is 0 Å². The molecule has 0 bridgehead atoms. The molecular formula is C23H32F2N3OP. The molecule has 1 unspecified atom stereocenters. The lowest BCUT2D eigenvalue weighted by atomic mass is 9.85. The summed E-state index contributed by atoms with van der Waals surface area (Å²) in [4.78, 5) is 4.56. The summed E-state index contributed by atoms with van der Waals surface area (Å²) in [5.74, 6) is -1.92. The van der Waals surface area contributed by atoms with E-state index in [0.717, 1.165) is 48.6 Å². The lowest BCUT2D eigenvalue weighted by Crippen LogP contribution is -2.42. The van der Waals surface area contributed by atoms with Gasteiger partial charge in [-0.1, -0.05) is 33.3 Å². The average molecular weight is 435 g/mol. The van der Waals surface area contributed by atoms with Gasteiger partial charge in [0.15, 0.2) is 0 Å². The standard InChI is InChI=1S/C21H26F2N3OP.C2H6/c1-3-4-5-18(15-12-24-13-15)19-14(2)10-11-25-20(19)26-16-6-8-17(9-7-16)27-21(22,23)28;1-2/h5-11,15,24H,3-4,12-13,28H2,1-2H3,(H,25,26);1-2H3/b18-5-;. The maximum absolute atomic E-state index is 13.0. The number of ether oxygens (including phenoxy) is 1. The molecule has 0 aliphatic carbocycles. The molecule has 1 atom stereocenters. The van der Waals surface area contributed by atoms with E-state index in [1.807, 2.05) is 19.9 Å². The van der Waals surface area contributed by atoms with Crippen LogP contribution in [0.3, 0.4) is 0 Å². The zero-order valence-corrected chi connectivity index (χ0v) is 19.3. The minimum absolute atomic E-state index is 0.104. The van der Waals surface area contributed by atoms with E-state index in [9.17, 15) is 8.78 Å². The van der Waals surface area contributed by atoms with Gasteiger partial charge < -0.3 is 15.4 Å². The minimum Gasteiger partial charge on any atom is -0.430 e. The van der Waals surface area contributed by atoms with E-state index in [-0.39, 0.29) is 5.75 Å². The minimum atomic E-state index is -3.28. The molecule has 0 amide bonds. The predicted molar refractivity (Wildman–Crippen MR) is 125 cm³/mol. The average Bonchev–Trinajstić information content (AvgIpc) is 2.66. The van der Waals surface area contributed by atoms with Crippen molar-refractivity contribution in [2.75, 3.05) is 18.4 Å². The zero-order chi connectivity index (χ0) is 22.1. The first-order valence-electron chi connectivity index (χ1n) is 10.5. The quantitative estimate of drug-likeness (QED) is 0.473. The van der Waals surface area contributed by atoms with Crippen molar-refractivity contribution in [3.05, 3.63) is 53.7 Å². The van der Waals surface area contributed by atoms with E-state index in [0.29, 0.717) is 5.92 Å². The van der Waals surface area contributed by atoms with Crippen molar-refractivity contribution in [2.24, 2.45) is 5.92 Å². The van der Waals surface area contributed by atoms with Gasteiger partial charge in [0.25, 0.3) is 0 Å². The molecule has 0 spiro atoms. The number of nitrogens with one attached hydrogen (secondary N) is 2. The summed E-state index contributed by atoms with van der Waals surface area (Å²) in [7, 11) is 1.37. The van der Waals surface area contributed by atoms with Crippen molar-refractivity contribution in [1.82, 2.24) is 10.3 Å². The third-order valence-electron chi connectivity index (χ3n) is 4.69. The summed E-state index contributed by atoms with van der Waals surface area (Å²) in [6, 6.07) is 8.46. The molecule has 1 saturated heterocycles. The van der Waals surface area contributed by atoms with Crippen LogP contribution in [-0.2, 0) is 0 Å². The maximum Gasteiger partial charge on any atom is 0.408 e. The van der Waals surface area contributed by atoms with Gasteiger partial charge in [-0.05, 0) is 64.1 Å². The van der Waals surface area contributed by atoms with Gasteiger partial charge in [0.1, 0.15) is 11.6 Å². The van der Waals surface area contributed by atoms with Crippen molar-refractivity contribution in [2.45, 2.75) is 46.4 Å². The van der Waals surface area contributed by atoms with Crippen molar-refractivity contribution in [3.63, 3.8) is 0 Å². The third-order valence-corrected chi connectivity index (χ3v) is 4.81. The topological polar surface area (TPSA) is 46.2 Å². The fourth-order valence-corrected chi connectivity index (χ4v) is 3.33. The number of anilines is 2. The van der Waals surface area contributed by atoms with E-state index in [1.54, 1.807) is 18.3 Å². The highest BCUT2D eigenvalue weighted by atomic mass is 31.0. The summed E-state index contributed by atoms with van der Waals surface area (Å²) >= 11 is 0. The van der Waals surface area contributed by atoms with Gasteiger partial charge in [-0.3, -0.25) is 0 Å². The molecule has 1 aromatic carbocycles. The second kappa shape index (κ2) is 11.4. The Balaban J connectivity index is 0.00000155. The largest absolute Gasteiger partial charge is 0.430 e. The molecule has 1 aliphatic heterocycles. The highest BCUT2D eigenvalue weighted by Crippen LogP contribution is 2.35. The van der Waals surface area contributed by atoms with Gasteiger partial charge in [-0.2, -0.15) is 8.78 Å². The normalized spacial score (nSPS) is 14.4. The van der Waals surface area contributed by atoms with Gasteiger partial charge >= 0.3 is 5.85 Å². The van der Waals surface area contributed by atoms with Gasteiger partial charge in [-0.15, -0.1) is 0 Å². The van der Waals surface area contributed by atoms with Crippen LogP contribution < -0.4 is 15.4 Å². The Labute approximate surface area is 180 Å². The van der Waals surface area contributed by atoms with Crippen LogP contribution in [0.25, 0.3) is 5.57 Å². The molecule has 0 saturated carbocycles. The molecule has 4 nitrogen and oxygen atoms in total. The summed E-state index contributed by atoms with van der Waals surface area (Å²) in [5.41, 5.74) is 4.37. The van der Waals surface area contributed by atoms with E-state index < -0.39 is 5.85 Å². The number of hydrogen-bond donors (Lipinski definition) is 2. The van der Waals surface area contributed by atoms with Gasteiger partial charge in [0, 0.05) is 36.5 Å². The summed E-state index contributed by atoms with van der Waals surface area (Å²) in [5, 5.41) is 6.69. The highest BCUT2D eigenvalue weighted by molar-refractivity contribution is 7.17. The number of hydrogen-bond acceptors (Lipinski definition) is 4. The smallest absolute Gasteiger partial charge is 0.408 e. The molecule has 1 aliphatic rings. The molecule has 30 heavy (non-hydrogen) atoms. The third kappa shape index (κ3) is 6.75. The molecule has 1 fully saturated rings. The van der Waals surface area contributed by atoms with Gasteiger partial charge in [-0.25, -0.2) is 4.98 Å². The Hall–Kier alpha value is -2.04. The molecule has 0 radical (unpaired) electrons. The fourth-order valence-electron chi connectivity index (χ4n) is 3.20. The lowest BCUT2D eigenvalue weighted by Gasteiger charge is -2.31. The number of pyridine rings is 1. The lowest BCUT2D eigenvalue weighted by molar-refractivity contribution is -0.0892. The Morgan fingerprint density at radius 1 is 1.27 bits per heavy atom. The highest BCUT2D eigenvalue weighted by Gasteiger charge is 2.26. The number of rotatable bonds is 8. The number of halogens is 2. The van der Waals surface area contributed by atoms with Crippen LogP contribution in [0.2, 0.25) is 0 Å². The van der Waals surface area contributed by atoms with Crippen molar-refractivity contribution in [3.8, 4) is 5.75 Å². The molecule has 2 heterocycles. The Kier molecular flexibility index (Phi) is 9.19. The van der Waals surface area contributed by atoms with Crippen LogP contribution in [0.1, 0.15) is 44.7 Å². The summed E-state index contributed by atoms with van der Waals surface area (Å²) in [6.07, 6.45) is 6.21. The second-order valence-electron chi connectivity index (χ2n) is 6.97. The Morgan fingerprint density at radius 3 is 2.47 bits per heavy atom. The summed E-state index contributed by atoms with van der Waals surface area (Å²) in [6.45, 7) is 10.2. The predicted octanol–water partition coefficient (Wildman–Crippen LogP) is 6.37. The number of aryl methyl sites for hydroxylation is 1. The van der Waals surface area contributed by atoms with E-state index in [4.69, 9.17) is 0 Å². The van der Waals surface area contributed by atoms with Crippen LogP contribution in [-0.4, -0.2) is 23.9 Å².